The molecule has 0 aliphatic carbocycles. The number of rotatable bonds is 3. The first-order chi connectivity index (χ1) is 9.29. The summed E-state index contributed by atoms with van der Waals surface area (Å²) in [5.74, 6) is 5.74. The van der Waals surface area contributed by atoms with Gasteiger partial charge >= 0.3 is 0 Å². The number of hydrogen-bond donors (Lipinski definition) is 2. The molecule has 3 aromatic rings. The van der Waals surface area contributed by atoms with Crippen LogP contribution in [0.25, 0.3) is 10.8 Å². The van der Waals surface area contributed by atoms with E-state index < -0.39 is 0 Å². The first-order valence-corrected chi connectivity index (χ1v) is 7.69. The van der Waals surface area contributed by atoms with Crippen molar-refractivity contribution in [2.75, 3.05) is 0 Å². The number of hydrogen-bond acceptors (Lipinski definition) is 3. The number of fused-ring (bicyclic) bond motifs is 1. The molecule has 0 saturated heterocycles. The Morgan fingerprint density at radius 2 is 1.84 bits per heavy atom. The first kappa shape index (κ1) is 12.8. The van der Waals surface area contributed by atoms with Gasteiger partial charge < -0.3 is 0 Å². The van der Waals surface area contributed by atoms with Crippen molar-refractivity contribution >= 4 is 38.0 Å². The van der Waals surface area contributed by atoms with Gasteiger partial charge in [0.15, 0.2) is 0 Å². The quantitative estimate of drug-likeness (QED) is 0.556. The van der Waals surface area contributed by atoms with Crippen LogP contribution in [-0.2, 0) is 0 Å². The van der Waals surface area contributed by atoms with E-state index in [2.05, 4.69) is 74.6 Å². The molecule has 96 valence electrons. The van der Waals surface area contributed by atoms with Crippen molar-refractivity contribution in [2.45, 2.75) is 6.04 Å². The summed E-state index contributed by atoms with van der Waals surface area (Å²) in [5.41, 5.74) is 5.24. The van der Waals surface area contributed by atoms with Gasteiger partial charge in [-0.05, 0) is 49.3 Å². The second-order valence-electron chi connectivity index (χ2n) is 4.38. The molecular formula is C15H13BrN2S. The fourth-order valence-electron chi connectivity index (χ4n) is 2.25. The van der Waals surface area contributed by atoms with E-state index in [4.69, 9.17) is 5.84 Å². The molecule has 3 N–H and O–H groups in total. The third-order valence-electron chi connectivity index (χ3n) is 3.23. The summed E-state index contributed by atoms with van der Waals surface area (Å²) >= 11 is 5.24. The molecule has 2 aromatic carbocycles. The third kappa shape index (κ3) is 2.44. The number of thiophene rings is 1. The number of nitrogens with two attached hydrogens (primary N) is 1. The number of benzene rings is 2. The zero-order chi connectivity index (χ0) is 13.2. The Balaban J connectivity index is 2.09. The predicted molar refractivity (Wildman–Crippen MR) is 85.1 cm³/mol. The Morgan fingerprint density at radius 3 is 2.53 bits per heavy atom. The molecule has 0 spiro atoms. The van der Waals surface area contributed by atoms with Crippen LogP contribution >= 0.6 is 27.3 Å². The van der Waals surface area contributed by atoms with Gasteiger partial charge in [0.05, 0.1) is 6.04 Å². The molecule has 0 amide bonds. The Morgan fingerprint density at radius 1 is 1.05 bits per heavy atom. The van der Waals surface area contributed by atoms with Crippen molar-refractivity contribution in [2.24, 2.45) is 5.84 Å². The van der Waals surface area contributed by atoms with Crippen molar-refractivity contribution in [3.8, 4) is 0 Å². The predicted octanol–water partition coefficient (Wildman–Crippen LogP) is 4.22. The summed E-state index contributed by atoms with van der Waals surface area (Å²) in [7, 11) is 0. The van der Waals surface area contributed by atoms with E-state index in [0.717, 1.165) is 4.47 Å². The van der Waals surface area contributed by atoms with Crippen LogP contribution in [0, 0.1) is 0 Å². The van der Waals surface area contributed by atoms with Crippen LogP contribution < -0.4 is 11.3 Å². The normalized spacial score (nSPS) is 12.7. The molecule has 3 rings (SSSR count). The minimum atomic E-state index is 0.00484. The van der Waals surface area contributed by atoms with Gasteiger partial charge in [-0.1, -0.05) is 36.4 Å². The van der Waals surface area contributed by atoms with Crippen LogP contribution in [0.15, 0.2) is 57.7 Å². The smallest absolute Gasteiger partial charge is 0.0729 e. The minimum Gasteiger partial charge on any atom is -0.271 e. The lowest BCUT2D eigenvalue weighted by Gasteiger charge is -2.16. The molecule has 0 saturated carbocycles. The zero-order valence-electron chi connectivity index (χ0n) is 10.1. The van der Waals surface area contributed by atoms with Gasteiger partial charge in [-0.25, -0.2) is 5.43 Å². The van der Waals surface area contributed by atoms with E-state index in [1.165, 1.54) is 21.9 Å². The van der Waals surface area contributed by atoms with E-state index >= 15 is 0 Å². The number of nitrogens with one attached hydrogen (secondary N) is 1. The maximum absolute atomic E-state index is 5.74. The lowest BCUT2D eigenvalue weighted by molar-refractivity contribution is 0.637. The second-order valence-corrected chi connectivity index (χ2v) is 5.98. The molecule has 0 aliphatic heterocycles. The largest absolute Gasteiger partial charge is 0.271 e. The summed E-state index contributed by atoms with van der Waals surface area (Å²) in [4.78, 5) is 0. The molecule has 0 fully saturated rings. The third-order valence-corrected chi connectivity index (χ3v) is 4.98. The van der Waals surface area contributed by atoms with Crippen molar-refractivity contribution in [3.63, 3.8) is 0 Å². The molecule has 1 atom stereocenters. The summed E-state index contributed by atoms with van der Waals surface area (Å²) in [6.07, 6.45) is 0. The lowest BCUT2D eigenvalue weighted by Crippen LogP contribution is -2.28. The van der Waals surface area contributed by atoms with Gasteiger partial charge in [0.25, 0.3) is 0 Å². The SMILES string of the molecule is NNC(c1ccc2ccccc2c1)c1cscc1Br. The molecule has 0 aliphatic rings. The first-order valence-electron chi connectivity index (χ1n) is 5.96. The van der Waals surface area contributed by atoms with Crippen LogP contribution in [0.3, 0.4) is 0 Å². The Labute approximate surface area is 124 Å². The van der Waals surface area contributed by atoms with Gasteiger partial charge in [-0.3, -0.25) is 5.84 Å². The highest BCUT2D eigenvalue weighted by Gasteiger charge is 2.16. The van der Waals surface area contributed by atoms with E-state index in [-0.39, 0.29) is 6.04 Å². The van der Waals surface area contributed by atoms with E-state index in [1.807, 2.05) is 0 Å². The van der Waals surface area contributed by atoms with Crippen LogP contribution in [-0.4, -0.2) is 0 Å². The highest BCUT2D eigenvalue weighted by atomic mass is 79.9. The average Bonchev–Trinajstić information content (AvgIpc) is 2.86. The monoisotopic (exact) mass is 332 g/mol. The highest BCUT2D eigenvalue weighted by molar-refractivity contribution is 9.10. The summed E-state index contributed by atoms with van der Waals surface area (Å²) < 4.78 is 1.09. The van der Waals surface area contributed by atoms with Crippen LogP contribution in [0.1, 0.15) is 17.2 Å². The molecule has 2 nitrogen and oxygen atoms in total. The van der Waals surface area contributed by atoms with Crippen molar-refractivity contribution in [1.82, 2.24) is 5.43 Å². The fourth-order valence-corrected chi connectivity index (χ4v) is 3.80. The summed E-state index contributed by atoms with van der Waals surface area (Å²) in [6.45, 7) is 0. The molecule has 1 unspecified atom stereocenters. The van der Waals surface area contributed by atoms with E-state index in [9.17, 15) is 0 Å². The molecule has 0 radical (unpaired) electrons. The minimum absolute atomic E-state index is 0.00484. The molecule has 19 heavy (non-hydrogen) atoms. The van der Waals surface area contributed by atoms with Crippen molar-refractivity contribution < 1.29 is 0 Å². The number of halogens is 1. The molecule has 4 heteroatoms. The molecule has 0 bridgehead atoms. The Hall–Kier alpha value is -1.20. The van der Waals surface area contributed by atoms with Gasteiger partial charge in [-0.2, -0.15) is 11.3 Å². The maximum atomic E-state index is 5.74. The standard InChI is InChI=1S/C15H13BrN2S/c16-14-9-19-8-13(14)15(18-17)12-6-5-10-3-1-2-4-11(10)7-12/h1-9,15,18H,17H2. The maximum Gasteiger partial charge on any atom is 0.0729 e. The van der Waals surface area contributed by atoms with E-state index in [0.29, 0.717) is 0 Å². The van der Waals surface area contributed by atoms with Crippen LogP contribution in [0.5, 0.6) is 0 Å². The van der Waals surface area contributed by atoms with Gasteiger partial charge in [0.2, 0.25) is 0 Å². The Bertz CT molecular complexity index is 708. The molecule has 1 aromatic heterocycles. The highest BCUT2D eigenvalue weighted by Crippen LogP contribution is 2.32. The topological polar surface area (TPSA) is 38.0 Å². The zero-order valence-corrected chi connectivity index (χ0v) is 12.5. The summed E-state index contributed by atoms with van der Waals surface area (Å²) in [5, 5.41) is 6.66. The van der Waals surface area contributed by atoms with Gasteiger partial charge in [0.1, 0.15) is 0 Å². The molecular weight excluding hydrogens is 320 g/mol. The van der Waals surface area contributed by atoms with Gasteiger partial charge in [0, 0.05) is 9.85 Å². The Kier molecular flexibility index (Phi) is 3.66. The van der Waals surface area contributed by atoms with Crippen molar-refractivity contribution in [1.29, 1.82) is 0 Å². The second kappa shape index (κ2) is 5.43. The van der Waals surface area contributed by atoms with Gasteiger partial charge in [-0.15, -0.1) is 0 Å². The van der Waals surface area contributed by atoms with Crippen LogP contribution in [0.2, 0.25) is 0 Å². The average molecular weight is 333 g/mol. The molecule has 1 heterocycles. The number of hydrazine groups is 1. The lowest BCUT2D eigenvalue weighted by atomic mass is 9.98. The fraction of sp³-hybridized carbons (Fsp3) is 0.0667. The summed E-state index contributed by atoms with van der Waals surface area (Å²) in [6, 6.07) is 14.8. The van der Waals surface area contributed by atoms with E-state index in [1.54, 1.807) is 11.3 Å². The van der Waals surface area contributed by atoms with Crippen LogP contribution in [0.4, 0.5) is 0 Å². The van der Waals surface area contributed by atoms with Crippen molar-refractivity contribution in [3.05, 3.63) is 68.8 Å².